The van der Waals surface area contributed by atoms with Gasteiger partial charge in [0.25, 0.3) is 0 Å². The summed E-state index contributed by atoms with van der Waals surface area (Å²) in [6.45, 7) is 0. The van der Waals surface area contributed by atoms with Crippen LogP contribution in [0.1, 0.15) is 37.7 Å². The third kappa shape index (κ3) is 3.29. The molecule has 1 aromatic rings. The van der Waals surface area contributed by atoms with Gasteiger partial charge < -0.3 is 5.43 Å². The first-order valence-corrected chi connectivity index (χ1v) is 7.00. The summed E-state index contributed by atoms with van der Waals surface area (Å²) in [4.78, 5) is 4.55. The topological polar surface area (TPSA) is 50.4 Å². The fourth-order valence-corrected chi connectivity index (χ4v) is 2.62. The van der Waals surface area contributed by atoms with Gasteiger partial charge in [-0.1, -0.05) is 35.2 Å². The van der Waals surface area contributed by atoms with Crippen LogP contribution in [0.15, 0.2) is 27.7 Å². The Morgan fingerprint density at radius 2 is 2.06 bits per heavy atom. The highest BCUT2D eigenvalue weighted by molar-refractivity contribution is 9.10. The molecule has 1 saturated carbocycles. The number of aliphatic imine (C=N–C) groups is 1. The van der Waals surface area contributed by atoms with Crippen LogP contribution in [-0.4, -0.2) is 11.9 Å². The molecular weight excluding hydrogens is 297 g/mol. The van der Waals surface area contributed by atoms with E-state index in [4.69, 9.17) is 5.84 Å². The van der Waals surface area contributed by atoms with Gasteiger partial charge in [0.2, 0.25) is 0 Å². The summed E-state index contributed by atoms with van der Waals surface area (Å²) in [7, 11) is 0. The fraction of sp³-hybridized carbons (Fsp3) is 0.462. The average molecular weight is 314 g/mol. The van der Waals surface area contributed by atoms with Gasteiger partial charge in [-0.3, -0.25) is 4.99 Å². The minimum absolute atomic E-state index is 0.253. The van der Waals surface area contributed by atoms with Crippen molar-refractivity contribution in [3.8, 4) is 0 Å². The Balaban J connectivity index is 2.26. The maximum atomic E-state index is 13.8. The summed E-state index contributed by atoms with van der Waals surface area (Å²) in [6, 6.07) is 5.01. The Bertz CT molecular complexity index is 442. The Labute approximate surface area is 115 Å². The van der Waals surface area contributed by atoms with Gasteiger partial charge in [-0.05, 0) is 31.0 Å². The lowest BCUT2D eigenvalue weighted by Gasteiger charge is -2.19. The highest BCUT2D eigenvalue weighted by Crippen LogP contribution is 2.22. The highest BCUT2D eigenvalue weighted by atomic mass is 79.9. The van der Waals surface area contributed by atoms with Crippen molar-refractivity contribution in [2.75, 3.05) is 0 Å². The second-order valence-corrected chi connectivity index (χ2v) is 5.45. The molecule has 3 N–H and O–H groups in total. The number of nitrogens with one attached hydrogen (secondary N) is 1. The van der Waals surface area contributed by atoms with E-state index >= 15 is 0 Å². The number of benzene rings is 1. The van der Waals surface area contributed by atoms with Crippen LogP contribution in [0.25, 0.3) is 0 Å². The monoisotopic (exact) mass is 313 g/mol. The smallest absolute Gasteiger partial charge is 0.145 e. The molecule has 18 heavy (non-hydrogen) atoms. The molecule has 1 aliphatic rings. The normalized spacial score (nSPS) is 17.8. The minimum atomic E-state index is -0.314. The lowest BCUT2D eigenvalue weighted by atomic mass is 9.96. The highest BCUT2D eigenvalue weighted by Gasteiger charge is 2.15. The van der Waals surface area contributed by atoms with Crippen molar-refractivity contribution in [1.29, 1.82) is 0 Å². The van der Waals surface area contributed by atoms with Crippen molar-refractivity contribution in [2.45, 2.75) is 38.1 Å². The van der Waals surface area contributed by atoms with Gasteiger partial charge in [0.05, 0.1) is 11.6 Å². The van der Waals surface area contributed by atoms with E-state index < -0.39 is 0 Å². The van der Waals surface area contributed by atoms with Crippen LogP contribution in [0, 0.1) is 5.82 Å². The van der Waals surface area contributed by atoms with Crippen LogP contribution in [0.4, 0.5) is 4.39 Å². The minimum Gasteiger partial charge on any atom is -0.308 e. The predicted octanol–water partition coefficient (Wildman–Crippen LogP) is 3.13. The second kappa shape index (κ2) is 6.29. The van der Waals surface area contributed by atoms with Crippen LogP contribution in [0.5, 0.6) is 0 Å². The number of amidine groups is 1. The molecule has 1 aliphatic carbocycles. The third-order valence-electron chi connectivity index (χ3n) is 3.21. The molecule has 0 heterocycles. The molecule has 0 unspecified atom stereocenters. The predicted molar refractivity (Wildman–Crippen MR) is 74.8 cm³/mol. The molecule has 0 atom stereocenters. The van der Waals surface area contributed by atoms with E-state index in [0.717, 1.165) is 17.3 Å². The summed E-state index contributed by atoms with van der Waals surface area (Å²) in [6.07, 6.45) is 5.75. The molecule has 1 fully saturated rings. The Morgan fingerprint density at radius 1 is 1.33 bits per heavy atom. The summed E-state index contributed by atoms with van der Waals surface area (Å²) in [5.41, 5.74) is 2.94. The molecule has 98 valence electrons. The summed E-state index contributed by atoms with van der Waals surface area (Å²) >= 11 is 3.33. The van der Waals surface area contributed by atoms with E-state index in [1.54, 1.807) is 12.1 Å². The lowest BCUT2D eigenvalue weighted by Crippen LogP contribution is -2.33. The summed E-state index contributed by atoms with van der Waals surface area (Å²) in [5, 5.41) is 0. The quantitative estimate of drug-likeness (QED) is 0.381. The van der Waals surface area contributed by atoms with Crippen molar-refractivity contribution >= 4 is 21.8 Å². The largest absolute Gasteiger partial charge is 0.308 e. The standard InChI is InChI=1S/C13H17BrFN3/c14-9-6-7-12(15)11(8-9)13(18-16)17-10-4-2-1-3-5-10/h6-8,10H,1-5,16H2,(H,17,18). The molecule has 3 nitrogen and oxygen atoms in total. The molecule has 0 bridgehead atoms. The molecule has 2 rings (SSSR count). The average Bonchev–Trinajstić information content (AvgIpc) is 2.40. The van der Waals surface area contributed by atoms with Crippen LogP contribution in [-0.2, 0) is 0 Å². The number of hydrogen-bond acceptors (Lipinski definition) is 2. The van der Waals surface area contributed by atoms with Gasteiger partial charge in [0, 0.05) is 4.47 Å². The first-order valence-electron chi connectivity index (χ1n) is 6.20. The Kier molecular flexibility index (Phi) is 4.72. The molecule has 1 aromatic carbocycles. The number of nitrogens with zero attached hydrogens (tertiary/aromatic N) is 1. The first-order chi connectivity index (χ1) is 8.70. The van der Waals surface area contributed by atoms with E-state index in [1.807, 2.05) is 0 Å². The molecule has 0 aliphatic heterocycles. The van der Waals surface area contributed by atoms with Gasteiger partial charge in [-0.2, -0.15) is 0 Å². The molecule has 0 radical (unpaired) electrons. The molecule has 0 spiro atoms. The van der Waals surface area contributed by atoms with Gasteiger partial charge in [-0.25, -0.2) is 10.2 Å². The third-order valence-corrected chi connectivity index (χ3v) is 3.70. The molecule has 0 saturated heterocycles. The molecular formula is C13H17BrFN3. The fourth-order valence-electron chi connectivity index (χ4n) is 2.26. The zero-order chi connectivity index (χ0) is 13.0. The number of hydrogen-bond donors (Lipinski definition) is 2. The number of nitrogens with two attached hydrogens (primary N) is 1. The van der Waals surface area contributed by atoms with E-state index in [0.29, 0.717) is 11.4 Å². The van der Waals surface area contributed by atoms with Crippen LogP contribution >= 0.6 is 15.9 Å². The van der Waals surface area contributed by atoms with Gasteiger partial charge in [0.15, 0.2) is 0 Å². The summed E-state index contributed by atoms with van der Waals surface area (Å²) < 4.78 is 14.6. The van der Waals surface area contributed by atoms with Gasteiger partial charge >= 0.3 is 0 Å². The maximum absolute atomic E-state index is 13.8. The Hall–Kier alpha value is -0.940. The van der Waals surface area contributed by atoms with Gasteiger partial charge in [0.1, 0.15) is 11.7 Å². The zero-order valence-corrected chi connectivity index (χ0v) is 11.7. The van der Waals surface area contributed by atoms with Crippen LogP contribution < -0.4 is 11.3 Å². The summed E-state index contributed by atoms with van der Waals surface area (Å²) in [5.74, 6) is 5.60. The van der Waals surface area contributed by atoms with Crippen LogP contribution in [0.3, 0.4) is 0 Å². The van der Waals surface area contributed by atoms with Crippen molar-refractivity contribution in [3.63, 3.8) is 0 Å². The van der Waals surface area contributed by atoms with E-state index in [1.165, 1.54) is 25.3 Å². The number of rotatable bonds is 2. The van der Waals surface area contributed by atoms with Crippen LogP contribution in [0.2, 0.25) is 0 Å². The molecule has 0 amide bonds. The maximum Gasteiger partial charge on any atom is 0.145 e. The zero-order valence-electron chi connectivity index (χ0n) is 10.1. The van der Waals surface area contributed by atoms with Crippen molar-refractivity contribution < 1.29 is 4.39 Å². The SMILES string of the molecule is NNC(=NC1CCCCC1)c1cc(Br)ccc1F. The number of hydrazine groups is 1. The van der Waals surface area contributed by atoms with Crippen molar-refractivity contribution in [1.82, 2.24) is 5.43 Å². The van der Waals surface area contributed by atoms with E-state index in [2.05, 4.69) is 26.3 Å². The van der Waals surface area contributed by atoms with E-state index in [9.17, 15) is 4.39 Å². The molecule has 0 aromatic heterocycles. The van der Waals surface area contributed by atoms with Crippen molar-refractivity contribution in [2.24, 2.45) is 10.8 Å². The van der Waals surface area contributed by atoms with E-state index in [-0.39, 0.29) is 11.9 Å². The van der Waals surface area contributed by atoms with Gasteiger partial charge in [-0.15, -0.1) is 0 Å². The lowest BCUT2D eigenvalue weighted by molar-refractivity contribution is 0.442. The first kappa shape index (κ1) is 13.5. The van der Waals surface area contributed by atoms with Crippen molar-refractivity contribution in [3.05, 3.63) is 34.1 Å². The molecule has 5 heteroatoms. The second-order valence-electron chi connectivity index (χ2n) is 4.54. The number of halogens is 2. The Morgan fingerprint density at radius 3 is 2.72 bits per heavy atom.